The number of benzene rings is 1. The van der Waals surface area contributed by atoms with E-state index >= 15 is 0 Å². The van der Waals surface area contributed by atoms with E-state index in [-0.39, 0.29) is 5.91 Å². The van der Waals surface area contributed by atoms with Gasteiger partial charge in [0.15, 0.2) is 0 Å². The lowest BCUT2D eigenvalue weighted by molar-refractivity contribution is -0.117. The van der Waals surface area contributed by atoms with Gasteiger partial charge in [-0.25, -0.2) is 0 Å². The number of halogens is 1. The van der Waals surface area contributed by atoms with Crippen molar-refractivity contribution in [3.8, 4) is 11.5 Å². The van der Waals surface area contributed by atoms with Crippen molar-refractivity contribution >= 4 is 23.2 Å². The Morgan fingerprint density at radius 3 is 2.59 bits per heavy atom. The highest BCUT2D eigenvalue weighted by Gasteiger charge is 2.15. The zero-order chi connectivity index (χ0) is 12.8. The summed E-state index contributed by atoms with van der Waals surface area (Å²) in [7, 11) is 4.82. The van der Waals surface area contributed by atoms with Gasteiger partial charge < -0.3 is 14.4 Å². The van der Waals surface area contributed by atoms with Crippen molar-refractivity contribution in [2.75, 3.05) is 32.0 Å². The van der Waals surface area contributed by atoms with Crippen molar-refractivity contribution < 1.29 is 14.3 Å². The Morgan fingerprint density at radius 2 is 2.06 bits per heavy atom. The van der Waals surface area contributed by atoms with Crippen LogP contribution >= 0.6 is 11.6 Å². The number of nitrogens with zero attached hydrogens (tertiary/aromatic N) is 1. The molecule has 0 spiro atoms. The quantitative estimate of drug-likeness (QED) is 0.760. The molecule has 0 unspecified atom stereocenters. The Kier molecular flexibility index (Phi) is 5.10. The van der Waals surface area contributed by atoms with Crippen molar-refractivity contribution in [1.29, 1.82) is 0 Å². The number of methoxy groups -OCH3 is 2. The average molecular weight is 258 g/mol. The SMILES string of the molecule is COc1ccc(OC)c(N(C)C(=O)CCCl)c1. The molecular formula is C12H16ClNO3. The summed E-state index contributed by atoms with van der Waals surface area (Å²) in [4.78, 5) is 13.3. The molecule has 0 aliphatic carbocycles. The van der Waals surface area contributed by atoms with E-state index in [1.54, 1.807) is 39.5 Å². The fourth-order valence-corrected chi connectivity index (χ4v) is 1.60. The molecule has 0 saturated heterocycles. The first-order valence-electron chi connectivity index (χ1n) is 5.18. The van der Waals surface area contributed by atoms with E-state index in [4.69, 9.17) is 21.1 Å². The van der Waals surface area contributed by atoms with E-state index in [1.807, 2.05) is 0 Å². The number of rotatable bonds is 5. The molecule has 94 valence electrons. The van der Waals surface area contributed by atoms with Crippen LogP contribution in [0.25, 0.3) is 0 Å². The van der Waals surface area contributed by atoms with E-state index in [9.17, 15) is 4.79 Å². The molecule has 0 heterocycles. The van der Waals surface area contributed by atoms with Crippen LogP contribution in [0.5, 0.6) is 11.5 Å². The van der Waals surface area contributed by atoms with Crippen molar-refractivity contribution in [2.45, 2.75) is 6.42 Å². The van der Waals surface area contributed by atoms with Gasteiger partial charge in [0.05, 0.1) is 19.9 Å². The Morgan fingerprint density at radius 1 is 1.35 bits per heavy atom. The number of carbonyl (C=O) groups excluding carboxylic acids is 1. The second-order valence-electron chi connectivity index (χ2n) is 3.43. The molecule has 4 nitrogen and oxygen atoms in total. The van der Waals surface area contributed by atoms with Gasteiger partial charge in [0.25, 0.3) is 0 Å². The molecule has 0 aliphatic heterocycles. The second kappa shape index (κ2) is 6.35. The topological polar surface area (TPSA) is 38.8 Å². The minimum atomic E-state index is -0.0634. The van der Waals surface area contributed by atoms with Crippen LogP contribution in [-0.2, 0) is 4.79 Å². The normalized spacial score (nSPS) is 9.88. The van der Waals surface area contributed by atoms with Gasteiger partial charge in [-0.05, 0) is 12.1 Å². The predicted octanol–water partition coefficient (Wildman–Crippen LogP) is 2.30. The minimum Gasteiger partial charge on any atom is -0.497 e. The van der Waals surface area contributed by atoms with E-state index in [0.29, 0.717) is 29.5 Å². The molecule has 0 radical (unpaired) electrons. The van der Waals surface area contributed by atoms with Crippen molar-refractivity contribution in [3.63, 3.8) is 0 Å². The van der Waals surface area contributed by atoms with Crippen LogP contribution < -0.4 is 14.4 Å². The fraction of sp³-hybridized carbons (Fsp3) is 0.417. The van der Waals surface area contributed by atoms with Gasteiger partial charge in [0.1, 0.15) is 11.5 Å². The summed E-state index contributed by atoms with van der Waals surface area (Å²) in [5.74, 6) is 1.53. The maximum Gasteiger partial charge on any atom is 0.228 e. The van der Waals surface area contributed by atoms with Crippen LogP contribution in [0.1, 0.15) is 6.42 Å². The van der Waals surface area contributed by atoms with Gasteiger partial charge in [-0.2, -0.15) is 0 Å². The number of hydrogen-bond donors (Lipinski definition) is 0. The van der Waals surface area contributed by atoms with E-state index in [2.05, 4.69) is 0 Å². The summed E-state index contributed by atoms with van der Waals surface area (Å²) in [5, 5.41) is 0. The Labute approximate surface area is 106 Å². The third-order valence-corrected chi connectivity index (χ3v) is 2.62. The zero-order valence-corrected chi connectivity index (χ0v) is 11.0. The molecule has 0 aromatic heterocycles. The van der Waals surface area contributed by atoms with E-state index in [0.717, 1.165) is 0 Å². The molecular weight excluding hydrogens is 242 g/mol. The van der Waals surface area contributed by atoms with E-state index in [1.165, 1.54) is 4.90 Å². The summed E-state index contributed by atoms with van der Waals surface area (Å²) in [5.41, 5.74) is 0.668. The van der Waals surface area contributed by atoms with Crippen molar-refractivity contribution in [2.24, 2.45) is 0 Å². The number of alkyl halides is 1. The van der Waals surface area contributed by atoms with Crippen molar-refractivity contribution in [3.05, 3.63) is 18.2 Å². The van der Waals surface area contributed by atoms with Crippen LogP contribution in [0.2, 0.25) is 0 Å². The van der Waals surface area contributed by atoms with Crippen LogP contribution in [0, 0.1) is 0 Å². The summed E-state index contributed by atoms with van der Waals surface area (Å²) >= 11 is 5.56. The molecule has 1 aromatic rings. The second-order valence-corrected chi connectivity index (χ2v) is 3.81. The maximum atomic E-state index is 11.8. The molecule has 0 atom stereocenters. The Hall–Kier alpha value is -1.42. The number of ether oxygens (including phenoxy) is 2. The number of amides is 1. The van der Waals surface area contributed by atoms with Crippen molar-refractivity contribution in [1.82, 2.24) is 0 Å². The number of carbonyl (C=O) groups is 1. The average Bonchev–Trinajstić information content (AvgIpc) is 2.37. The van der Waals surface area contributed by atoms with Gasteiger partial charge in [-0.15, -0.1) is 11.6 Å². The van der Waals surface area contributed by atoms with Crippen LogP contribution in [-0.4, -0.2) is 33.1 Å². The third-order valence-electron chi connectivity index (χ3n) is 2.43. The lowest BCUT2D eigenvalue weighted by Gasteiger charge is -2.20. The Bertz CT molecular complexity index is 395. The highest BCUT2D eigenvalue weighted by atomic mass is 35.5. The molecule has 0 N–H and O–H groups in total. The van der Waals surface area contributed by atoms with Gasteiger partial charge >= 0.3 is 0 Å². The standard InChI is InChI=1S/C12H16ClNO3/c1-14(12(15)6-7-13)10-8-9(16-2)4-5-11(10)17-3/h4-5,8H,6-7H2,1-3H3. The summed E-state index contributed by atoms with van der Waals surface area (Å²) in [6.45, 7) is 0. The summed E-state index contributed by atoms with van der Waals surface area (Å²) < 4.78 is 10.3. The highest BCUT2D eigenvalue weighted by Crippen LogP contribution is 2.31. The Balaban J connectivity index is 3.04. The number of anilines is 1. The molecule has 0 bridgehead atoms. The van der Waals surface area contributed by atoms with Crippen LogP contribution in [0.3, 0.4) is 0 Å². The molecule has 1 amide bonds. The molecule has 0 fully saturated rings. The van der Waals surface area contributed by atoms with Crippen LogP contribution in [0.15, 0.2) is 18.2 Å². The summed E-state index contributed by atoms with van der Waals surface area (Å²) in [6.07, 6.45) is 0.290. The molecule has 0 aliphatic rings. The predicted molar refractivity (Wildman–Crippen MR) is 68.3 cm³/mol. The van der Waals surface area contributed by atoms with Gasteiger partial charge in [-0.3, -0.25) is 4.79 Å². The first-order chi connectivity index (χ1) is 8.13. The smallest absolute Gasteiger partial charge is 0.228 e. The maximum absolute atomic E-state index is 11.8. The fourth-order valence-electron chi connectivity index (χ4n) is 1.44. The monoisotopic (exact) mass is 257 g/mol. The van der Waals surface area contributed by atoms with Gasteiger partial charge in [-0.1, -0.05) is 0 Å². The summed E-state index contributed by atoms with van der Waals surface area (Å²) in [6, 6.07) is 5.30. The molecule has 1 aromatic carbocycles. The largest absolute Gasteiger partial charge is 0.497 e. The third kappa shape index (κ3) is 3.27. The highest BCUT2D eigenvalue weighted by molar-refractivity contribution is 6.19. The van der Waals surface area contributed by atoms with Gasteiger partial charge in [0, 0.05) is 25.4 Å². The minimum absolute atomic E-state index is 0.0634. The molecule has 0 saturated carbocycles. The lowest BCUT2D eigenvalue weighted by atomic mass is 10.2. The molecule has 17 heavy (non-hydrogen) atoms. The van der Waals surface area contributed by atoms with Gasteiger partial charge in [0.2, 0.25) is 5.91 Å². The molecule has 1 rings (SSSR count). The lowest BCUT2D eigenvalue weighted by Crippen LogP contribution is -2.26. The van der Waals surface area contributed by atoms with E-state index < -0.39 is 0 Å². The first-order valence-corrected chi connectivity index (χ1v) is 5.72. The first kappa shape index (κ1) is 13.6. The number of hydrogen-bond acceptors (Lipinski definition) is 3. The molecule has 5 heteroatoms. The van der Waals surface area contributed by atoms with Crippen LogP contribution in [0.4, 0.5) is 5.69 Å². The zero-order valence-electron chi connectivity index (χ0n) is 10.2.